The number of hydrogen-bond acceptors (Lipinski definition) is 0. The first-order chi connectivity index (χ1) is 23.9. The topological polar surface area (TPSA) is 0 Å². The van der Waals surface area contributed by atoms with Crippen LogP contribution >= 0.6 is 17.2 Å². The maximum atomic E-state index is 8.97. The van der Waals surface area contributed by atoms with Crippen LogP contribution in [0.5, 0.6) is 0 Å². The van der Waals surface area contributed by atoms with E-state index in [1.54, 1.807) is 0 Å². The molecule has 0 N–H and O–H groups in total. The molecule has 0 saturated heterocycles. The van der Waals surface area contributed by atoms with E-state index in [-0.39, 0.29) is 29.0 Å². The molecule has 6 rings (SSSR count). The van der Waals surface area contributed by atoms with Gasteiger partial charge in [0.1, 0.15) is 0 Å². The predicted octanol–water partition coefficient (Wildman–Crippen LogP) is 15.3. The van der Waals surface area contributed by atoms with E-state index in [1.807, 2.05) is 0 Å². The first kappa shape index (κ1) is 39.7. The van der Waals surface area contributed by atoms with Crippen molar-refractivity contribution in [2.24, 2.45) is 10.8 Å². The SMILES string of the molecule is C[SiH](C)[Hf]([Cl])([Cl])([CH]1C(C(C)(C)C)=Cc2c(-c3ccccc3C(C)(C)C)cccc21)[CH]1C(C(C)(C)C)=Cc2c(-c3ccccc3C(C)(C)C)cccc21. The van der Waals surface area contributed by atoms with Gasteiger partial charge in [0, 0.05) is 0 Å². The van der Waals surface area contributed by atoms with Crippen LogP contribution in [0.4, 0.5) is 0 Å². The maximum absolute atomic E-state index is 8.97. The second kappa shape index (κ2) is 13.1. The van der Waals surface area contributed by atoms with Crippen molar-refractivity contribution in [2.75, 3.05) is 0 Å². The van der Waals surface area contributed by atoms with E-state index in [4.69, 9.17) is 17.2 Å². The Morgan fingerprint density at radius 2 is 0.769 bits per heavy atom. The second-order valence-corrected chi connectivity index (χ2v) is 79.4. The third-order valence-corrected chi connectivity index (χ3v) is 84.5. The average molecular weight is 915 g/mol. The number of benzene rings is 4. The minimum absolute atomic E-state index is 0.00575. The Morgan fingerprint density at radius 3 is 1.08 bits per heavy atom. The number of halogens is 2. The van der Waals surface area contributed by atoms with Crippen LogP contribution in [-0.2, 0) is 26.1 Å². The van der Waals surface area contributed by atoms with Crippen LogP contribution in [0.1, 0.15) is 124 Å². The van der Waals surface area contributed by atoms with Crippen molar-refractivity contribution in [1.29, 1.82) is 0 Å². The third-order valence-electron chi connectivity index (χ3n) is 12.1. The normalized spacial score (nSPS) is 18.8. The summed E-state index contributed by atoms with van der Waals surface area (Å²) in [6, 6.07) is 31.9. The molecular weight excluding hydrogens is 854 g/mol. The first-order valence-electron chi connectivity index (χ1n) is 19.4. The van der Waals surface area contributed by atoms with Gasteiger partial charge in [0.15, 0.2) is 0 Å². The van der Waals surface area contributed by atoms with Gasteiger partial charge in [-0.25, -0.2) is 0 Å². The molecule has 0 radical (unpaired) electrons. The zero-order valence-corrected chi connectivity index (χ0v) is 40.5. The zero-order chi connectivity index (χ0) is 38.4. The van der Waals surface area contributed by atoms with Gasteiger partial charge in [0.2, 0.25) is 0 Å². The Kier molecular flexibility index (Phi) is 9.98. The van der Waals surface area contributed by atoms with E-state index in [1.165, 1.54) is 66.8 Å². The summed E-state index contributed by atoms with van der Waals surface area (Å²) in [5.74, 6) is -1.74. The molecule has 0 nitrogen and oxygen atoms in total. The molecule has 4 heteroatoms. The quantitative estimate of drug-likeness (QED) is 0.175. The summed E-state index contributed by atoms with van der Waals surface area (Å²) in [5.41, 5.74) is 15.9. The molecule has 0 heterocycles. The summed E-state index contributed by atoms with van der Waals surface area (Å²) >= 11 is -5.24. The molecule has 2 unspecified atom stereocenters. The number of allylic oxidation sites excluding steroid dienone is 2. The van der Waals surface area contributed by atoms with Crippen molar-refractivity contribution < 1.29 is 15.3 Å². The van der Waals surface area contributed by atoms with Crippen LogP contribution in [0, 0.1) is 10.8 Å². The number of rotatable bonds is 5. The predicted molar refractivity (Wildman–Crippen MR) is 232 cm³/mol. The Balaban J connectivity index is 1.68. The molecule has 0 saturated carbocycles. The zero-order valence-electron chi connectivity index (χ0n) is 34.2. The molecule has 52 heavy (non-hydrogen) atoms. The molecule has 0 fully saturated rings. The molecular formula is C48H61Cl2HfSi. The molecule has 0 aromatic heterocycles. The molecule has 0 spiro atoms. The Morgan fingerprint density at radius 1 is 0.442 bits per heavy atom. The summed E-state index contributed by atoms with van der Waals surface area (Å²) in [7, 11) is 17.9. The van der Waals surface area contributed by atoms with Gasteiger partial charge in [-0.3, -0.25) is 0 Å². The second-order valence-electron chi connectivity index (χ2n) is 20.2. The van der Waals surface area contributed by atoms with Gasteiger partial charge in [-0.2, -0.15) is 0 Å². The third kappa shape index (κ3) is 6.48. The molecule has 2 aliphatic rings. The van der Waals surface area contributed by atoms with Crippen LogP contribution in [0.25, 0.3) is 34.4 Å². The monoisotopic (exact) mass is 915 g/mol. The fourth-order valence-corrected chi connectivity index (χ4v) is 53.9. The van der Waals surface area contributed by atoms with Gasteiger partial charge >= 0.3 is 327 Å². The van der Waals surface area contributed by atoms with Crippen molar-refractivity contribution >= 4 is 35.3 Å². The van der Waals surface area contributed by atoms with Crippen LogP contribution in [0.2, 0.25) is 13.1 Å². The van der Waals surface area contributed by atoms with Gasteiger partial charge in [0.05, 0.1) is 0 Å². The first-order valence-corrected chi connectivity index (χ1v) is 41.5. The van der Waals surface area contributed by atoms with Crippen molar-refractivity contribution in [3.05, 3.63) is 129 Å². The van der Waals surface area contributed by atoms with E-state index in [2.05, 4.69) is 193 Å². The van der Waals surface area contributed by atoms with Crippen LogP contribution in [0.3, 0.4) is 0 Å². The molecule has 0 aliphatic heterocycles. The molecule has 2 atom stereocenters. The van der Waals surface area contributed by atoms with Gasteiger partial charge in [0.25, 0.3) is 0 Å². The fourth-order valence-electron chi connectivity index (χ4n) is 9.34. The standard InChI is InChI=1S/2C23H27.C2H7Si.2ClH.Hf/c2*1-22(2,3)17-14-16-10-9-12-18(20(16)15-17)19-11-7-8-13-21(19)23(4,5)6;1-3-2;;;/h2*7-15H,1-6H3;3H,1-2H3;2*1H;/q;;;;;+2/p-2. The van der Waals surface area contributed by atoms with Crippen molar-refractivity contribution in [2.45, 2.75) is 114 Å². The van der Waals surface area contributed by atoms with Crippen LogP contribution in [0.15, 0.2) is 96.1 Å². The molecule has 275 valence electrons. The van der Waals surface area contributed by atoms with Gasteiger partial charge in [-0.05, 0) is 0 Å². The van der Waals surface area contributed by atoms with Gasteiger partial charge in [-0.15, -0.1) is 0 Å². The summed E-state index contributed by atoms with van der Waals surface area (Å²) in [6.07, 6.45) is 5.05. The Hall–Kier alpha value is -1.97. The van der Waals surface area contributed by atoms with Crippen molar-refractivity contribution in [3.8, 4) is 22.3 Å². The average Bonchev–Trinajstić information content (AvgIpc) is 3.65. The Labute approximate surface area is 325 Å². The van der Waals surface area contributed by atoms with Crippen molar-refractivity contribution in [1.82, 2.24) is 0 Å². The fraction of sp³-hybridized carbons (Fsp3) is 0.417. The van der Waals surface area contributed by atoms with E-state index in [9.17, 15) is 0 Å². The van der Waals surface area contributed by atoms with E-state index in [0.717, 1.165) is 0 Å². The van der Waals surface area contributed by atoms with Crippen molar-refractivity contribution in [3.63, 3.8) is 0 Å². The van der Waals surface area contributed by atoms with Gasteiger partial charge in [-0.1, -0.05) is 0 Å². The van der Waals surface area contributed by atoms with Crippen LogP contribution < -0.4 is 0 Å². The molecule has 4 aromatic rings. The summed E-state index contributed by atoms with van der Waals surface area (Å²) in [5, 5.41) is 0. The molecule has 2 aliphatic carbocycles. The summed E-state index contributed by atoms with van der Waals surface area (Å²) in [4.78, 5) is 0. The van der Waals surface area contributed by atoms with Crippen LogP contribution in [-0.4, -0.2) is 5.98 Å². The number of hydrogen-bond donors (Lipinski definition) is 0. The van der Waals surface area contributed by atoms with E-state index >= 15 is 0 Å². The molecule has 0 bridgehead atoms. The van der Waals surface area contributed by atoms with E-state index in [0.29, 0.717) is 0 Å². The molecule has 0 amide bonds. The summed E-state index contributed by atoms with van der Waals surface area (Å²) < 4.78 is 0.0481. The van der Waals surface area contributed by atoms with E-state index < -0.39 is 21.3 Å². The van der Waals surface area contributed by atoms with Gasteiger partial charge < -0.3 is 0 Å². The Bertz CT molecular complexity index is 1960. The number of fused-ring (bicyclic) bond motifs is 2. The molecule has 4 aromatic carbocycles. The minimum atomic E-state index is -5.24. The summed E-state index contributed by atoms with van der Waals surface area (Å²) in [6.45, 7) is 33.1.